The van der Waals surface area contributed by atoms with Gasteiger partial charge in [-0.2, -0.15) is 0 Å². The van der Waals surface area contributed by atoms with Crippen molar-refractivity contribution in [2.45, 2.75) is 32.1 Å². The van der Waals surface area contributed by atoms with Crippen molar-refractivity contribution < 1.29 is 18.8 Å². The van der Waals surface area contributed by atoms with E-state index in [0.717, 1.165) is 38.0 Å². The summed E-state index contributed by atoms with van der Waals surface area (Å²) in [4.78, 5) is 12.5. The fourth-order valence-electron chi connectivity index (χ4n) is 2.47. The third kappa shape index (κ3) is 6.12. The van der Waals surface area contributed by atoms with Gasteiger partial charge in [0.15, 0.2) is 0 Å². The highest BCUT2D eigenvalue weighted by Crippen LogP contribution is 2.20. The number of hydrogen-bond acceptors (Lipinski definition) is 4. The number of carbonyl (C=O) groups is 1. The minimum atomic E-state index is -0.763. The molecule has 0 aliphatic carbocycles. The van der Waals surface area contributed by atoms with Crippen LogP contribution in [0.25, 0.3) is 11.3 Å². The molecule has 0 aliphatic rings. The Kier molecular flexibility index (Phi) is 6.93. The Morgan fingerprint density at radius 1 is 1.25 bits per heavy atom. The first kappa shape index (κ1) is 18.1. The Morgan fingerprint density at radius 3 is 2.83 bits per heavy atom. The van der Waals surface area contributed by atoms with Crippen molar-refractivity contribution in [3.8, 4) is 11.3 Å². The minimum absolute atomic E-state index is 0.178. The number of halogens is 1. The van der Waals surface area contributed by atoms with Crippen LogP contribution in [0.15, 0.2) is 34.9 Å². The number of unbranched alkanes of at least 4 members (excludes halogenated alkanes) is 2. The lowest BCUT2D eigenvalue weighted by Crippen LogP contribution is -2.22. The van der Waals surface area contributed by atoms with E-state index in [1.165, 1.54) is 12.1 Å². The number of rotatable bonds is 10. The van der Waals surface area contributed by atoms with Gasteiger partial charge in [-0.15, -0.1) is 0 Å². The molecule has 1 aromatic carbocycles. The number of aromatic nitrogens is 1. The van der Waals surface area contributed by atoms with Gasteiger partial charge >= 0.3 is 5.97 Å². The Hall–Kier alpha value is -2.21. The van der Waals surface area contributed by atoms with Crippen LogP contribution in [0.4, 0.5) is 4.39 Å². The van der Waals surface area contributed by atoms with Crippen LogP contribution in [0, 0.1) is 5.82 Å². The molecule has 0 radical (unpaired) electrons. The molecule has 5 nitrogen and oxygen atoms in total. The van der Waals surface area contributed by atoms with E-state index in [-0.39, 0.29) is 12.2 Å². The van der Waals surface area contributed by atoms with E-state index in [0.29, 0.717) is 17.8 Å². The highest BCUT2D eigenvalue weighted by atomic mass is 19.1. The highest BCUT2D eigenvalue weighted by molar-refractivity contribution is 5.66. The van der Waals surface area contributed by atoms with Gasteiger partial charge in [0, 0.05) is 24.6 Å². The van der Waals surface area contributed by atoms with E-state index in [4.69, 9.17) is 9.63 Å². The zero-order chi connectivity index (χ0) is 17.4. The monoisotopic (exact) mass is 334 g/mol. The van der Waals surface area contributed by atoms with Crippen molar-refractivity contribution in [2.24, 2.45) is 0 Å². The summed E-state index contributed by atoms with van der Waals surface area (Å²) in [6, 6.07) is 8.15. The number of aliphatic carboxylic acids is 1. The number of carboxylic acids is 1. The van der Waals surface area contributed by atoms with Crippen molar-refractivity contribution in [2.75, 3.05) is 20.1 Å². The Balaban J connectivity index is 1.67. The van der Waals surface area contributed by atoms with Gasteiger partial charge < -0.3 is 14.5 Å². The van der Waals surface area contributed by atoms with Crippen LogP contribution in [0.5, 0.6) is 0 Å². The SMILES string of the molecule is CN(CCCCCc1cc(-c2cccc(F)c2)no1)CCC(=O)O. The zero-order valence-electron chi connectivity index (χ0n) is 13.9. The molecular weight excluding hydrogens is 311 g/mol. The molecule has 1 aromatic heterocycles. The Bertz CT molecular complexity index is 657. The molecule has 1 N–H and O–H groups in total. The molecule has 130 valence electrons. The van der Waals surface area contributed by atoms with Crippen LogP contribution in [-0.4, -0.2) is 41.3 Å². The number of nitrogens with zero attached hydrogens (tertiary/aromatic N) is 2. The molecule has 0 fully saturated rings. The minimum Gasteiger partial charge on any atom is -0.481 e. The molecule has 0 saturated heterocycles. The summed E-state index contributed by atoms with van der Waals surface area (Å²) < 4.78 is 18.5. The lowest BCUT2D eigenvalue weighted by Gasteiger charge is -2.14. The summed E-state index contributed by atoms with van der Waals surface area (Å²) >= 11 is 0. The maximum absolute atomic E-state index is 13.2. The van der Waals surface area contributed by atoms with E-state index in [2.05, 4.69) is 5.16 Å². The van der Waals surface area contributed by atoms with E-state index in [1.807, 2.05) is 18.0 Å². The molecule has 0 amide bonds. The van der Waals surface area contributed by atoms with Crippen LogP contribution in [0.1, 0.15) is 31.4 Å². The first-order chi connectivity index (χ1) is 11.5. The molecule has 0 saturated carbocycles. The maximum Gasteiger partial charge on any atom is 0.304 e. The fraction of sp³-hybridized carbons (Fsp3) is 0.444. The van der Waals surface area contributed by atoms with Crippen molar-refractivity contribution in [1.29, 1.82) is 0 Å². The molecule has 6 heteroatoms. The second-order valence-corrected chi connectivity index (χ2v) is 5.95. The van der Waals surface area contributed by atoms with Gasteiger partial charge in [-0.25, -0.2) is 4.39 Å². The molecule has 0 bridgehead atoms. The topological polar surface area (TPSA) is 66.6 Å². The van der Waals surface area contributed by atoms with Crippen molar-refractivity contribution in [1.82, 2.24) is 10.1 Å². The standard InChI is InChI=1S/C18H23FN2O3/c1-21(11-9-18(22)23)10-4-2-3-8-16-13-17(20-24-16)14-6-5-7-15(19)12-14/h5-7,12-13H,2-4,8-11H2,1H3,(H,22,23). The summed E-state index contributed by atoms with van der Waals surface area (Å²) in [5, 5.41) is 12.6. The highest BCUT2D eigenvalue weighted by Gasteiger charge is 2.07. The third-order valence-electron chi connectivity index (χ3n) is 3.85. The van der Waals surface area contributed by atoms with E-state index in [1.54, 1.807) is 12.1 Å². The van der Waals surface area contributed by atoms with Gasteiger partial charge in [-0.3, -0.25) is 4.79 Å². The van der Waals surface area contributed by atoms with Gasteiger partial charge in [-0.1, -0.05) is 23.7 Å². The van der Waals surface area contributed by atoms with Crippen LogP contribution in [-0.2, 0) is 11.2 Å². The summed E-state index contributed by atoms with van der Waals surface area (Å²) in [6.45, 7) is 1.46. The molecule has 0 atom stereocenters. The Labute approximate surface area is 141 Å². The van der Waals surface area contributed by atoms with Gasteiger partial charge in [0.25, 0.3) is 0 Å². The normalized spacial score (nSPS) is 11.1. The smallest absolute Gasteiger partial charge is 0.304 e. The molecule has 0 aliphatic heterocycles. The number of benzene rings is 1. The number of aryl methyl sites for hydroxylation is 1. The number of hydrogen-bond donors (Lipinski definition) is 1. The molecule has 24 heavy (non-hydrogen) atoms. The predicted molar refractivity (Wildman–Crippen MR) is 89.2 cm³/mol. The molecule has 0 unspecified atom stereocenters. The molecule has 0 spiro atoms. The summed E-state index contributed by atoms with van der Waals surface area (Å²) in [5.74, 6) is -0.251. The summed E-state index contributed by atoms with van der Waals surface area (Å²) in [6.07, 6.45) is 4.00. The first-order valence-electron chi connectivity index (χ1n) is 8.16. The second-order valence-electron chi connectivity index (χ2n) is 5.95. The van der Waals surface area contributed by atoms with Crippen LogP contribution >= 0.6 is 0 Å². The quantitative estimate of drug-likeness (QED) is 0.673. The number of carboxylic acid groups (broad SMARTS) is 1. The second kappa shape index (κ2) is 9.17. The lowest BCUT2D eigenvalue weighted by molar-refractivity contribution is -0.137. The molecule has 1 heterocycles. The van der Waals surface area contributed by atoms with Crippen molar-refractivity contribution >= 4 is 5.97 Å². The first-order valence-corrected chi connectivity index (χ1v) is 8.16. The maximum atomic E-state index is 13.2. The molecule has 2 rings (SSSR count). The largest absolute Gasteiger partial charge is 0.481 e. The van der Waals surface area contributed by atoms with E-state index in [9.17, 15) is 9.18 Å². The van der Waals surface area contributed by atoms with Gasteiger partial charge in [-0.05, 0) is 38.6 Å². The summed E-state index contributed by atoms with van der Waals surface area (Å²) in [7, 11) is 1.94. The fourth-order valence-corrected chi connectivity index (χ4v) is 2.47. The van der Waals surface area contributed by atoms with Crippen molar-refractivity contribution in [3.63, 3.8) is 0 Å². The lowest BCUT2D eigenvalue weighted by atomic mass is 10.1. The van der Waals surface area contributed by atoms with Gasteiger partial charge in [0.05, 0.1) is 6.42 Å². The van der Waals surface area contributed by atoms with Gasteiger partial charge in [0.1, 0.15) is 17.3 Å². The zero-order valence-corrected chi connectivity index (χ0v) is 13.9. The van der Waals surface area contributed by atoms with Gasteiger partial charge in [0.2, 0.25) is 0 Å². The van der Waals surface area contributed by atoms with E-state index < -0.39 is 5.97 Å². The predicted octanol–water partition coefficient (Wildman–Crippen LogP) is 3.60. The van der Waals surface area contributed by atoms with E-state index >= 15 is 0 Å². The molecule has 2 aromatic rings. The average molecular weight is 334 g/mol. The van der Waals surface area contributed by atoms with Crippen LogP contribution in [0.2, 0.25) is 0 Å². The average Bonchev–Trinajstić information content (AvgIpc) is 3.01. The summed E-state index contributed by atoms with van der Waals surface area (Å²) in [5.41, 5.74) is 1.36. The Morgan fingerprint density at radius 2 is 2.08 bits per heavy atom. The third-order valence-corrected chi connectivity index (χ3v) is 3.85. The van der Waals surface area contributed by atoms with Crippen LogP contribution < -0.4 is 0 Å². The van der Waals surface area contributed by atoms with Crippen molar-refractivity contribution in [3.05, 3.63) is 41.9 Å². The molecular formula is C18H23FN2O3. The van der Waals surface area contributed by atoms with Crippen LogP contribution in [0.3, 0.4) is 0 Å².